The van der Waals surface area contributed by atoms with Crippen molar-refractivity contribution in [2.75, 3.05) is 7.05 Å². The van der Waals surface area contributed by atoms with Crippen LogP contribution in [0.2, 0.25) is 0 Å². The fraction of sp³-hybridized carbons (Fsp3) is 0.692. The smallest absolute Gasteiger partial charge is 0.246 e. The summed E-state index contributed by atoms with van der Waals surface area (Å²) in [6.07, 6.45) is 8.01. The maximum atomic E-state index is 11.9. The summed E-state index contributed by atoms with van der Waals surface area (Å²) >= 11 is 0. The summed E-state index contributed by atoms with van der Waals surface area (Å²) in [7, 11) is 1.58. The number of fused-ring (bicyclic) bond motifs is 1. The number of hydrogen-bond acceptors (Lipinski definition) is 3. The molecule has 1 N–H and O–H groups in total. The third-order valence-electron chi connectivity index (χ3n) is 4.43. The van der Waals surface area contributed by atoms with Gasteiger partial charge in [-0.2, -0.15) is 0 Å². The van der Waals surface area contributed by atoms with Gasteiger partial charge in [-0.1, -0.05) is 12.2 Å². The molecule has 92 valence electrons. The van der Waals surface area contributed by atoms with Crippen LogP contribution in [0, 0.1) is 11.8 Å². The highest BCUT2D eigenvalue weighted by molar-refractivity contribution is 6.00. The highest BCUT2D eigenvalue weighted by Gasteiger charge is 2.43. The van der Waals surface area contributed by atoms with Gasteiger partial charge in [-0.25, -0.2) is 0 Å². The molecule has 0 spiro atoms. The molecular formula is C13H18N2O2. The first-order chi connectivity index (χ1) is 8.16. The first-order valence-electron chi connectivity index (χ1n) is 6.40. The average Bonchev–Trinajstić information content (AvgIpc) is 2.67. The zero-order chi connectivity index (χ0) is 12.0. The van der Waals surface area contributed by atoms with E-state index >= 15 is 0 Å². The standard InChI is InChI=1S/C13H18N2O2/c1-15-12(16)6-5-10(13(15)17)14-11-7-8-3-2-4-9(8)11/h2,4,8-11,14H,3,5-7H2,1H3. The fourth-order valence-electron chi connectivity index (χ4n) is 3.24. The Bertz CT molecular complexity index is 391. The minimum absolute atomic E-state index is 0.0553. The number of rotatable bonds is 2. The van der Waals surface area contributed by atoms with Crippen LogP contribution < -0.4 is 5.32 Å². The van der Waals surface area contributed by atoms with Crippen LogP contribution in [0.25, 0.3) is 0 Å². The zero-order valence-corrected chi connectivity index (χ0v) is 10.1. The van der Waals surface area contributed by atoms with E-state index in [-0.39, 0.29) is 17.9 Å². The highest BCUT2D eigenvalue weighted by atomic mass is 16.2. The van der Waals surface area contributed by atoms with E-state index in [9.17, 15) is 9.59 Å². The van der Waals surface area contributed by atoms with Crippen LogP contribution in [0.5, 0.6) is 0 Å². The Morgan fingerprint density at radius 2 is 2.24 bits per heavy atom. The number of nitrogens with one attached hydrogen (secondary N) is 1. The van der Waals surface area contributed by atoms with Gasteiger partial charge in [-0.05, 0) is 31.1 Å². The molecule has 2 amide bonds. The van der Waals surface area contributed by atoms with Gasteiger partial charge < -0.3 is 5.32 Å². The Labute approximate surface area is 101 Å². The Hall–Kier alpha value is -1.16. The molecule has 2 aliphatic carbocycles. The predicted octanol–water partition coefficient (Wildman–Crippen LogP) is 0.688. The SMILES string of the molecule is CN1C(=O)CCC(NC2CC3CC=CC32)C1=O. The molecule has 4 unspecified atom stereocenters. The van der Waals surface area contributed by atoms with Gasteiger partial charge in [0.25, 0.3) is 0 Å². The second kappa shape index (κ2) is 3.95. The summed E-state index contributed by atoms with van der Waals surface area (Å²) < 4.78 is 0. The molecule has 1 saturated heterocycles. The molecule has 1 heterocycles. The molecule has 4 nitrogen and oxygen atoms in total. The molecule has 0 bridgehead atoms. The first-order valence-corrected chi connectivity index (χ1v) is 6.40. The molecule has 4 heteroatoms. The minimum Gasteiger partial charge on any atom is -0.302 e. The van der Waals surface area contributed by atoms with Crippen molar-refractivity contribution in [2.45, 2.75) is 37.8 Å². The van der Waals surface area contributed by atoms with Crippen LogP contribution in [0.3, 0.4) is 0 Å². The molecule has 1 saturated carbocycles. The van der Waals surface area contributed by atoms with Gasteiger partial charge in [0, 0.05) is 19.5 Å². The molecule has 17 heavy (non-hydrogen) atoms. The van der Waals surface area contributed by atoms with Crippen molar-refractivity contribution in [1.82, 2.24) is 10.2 Å². The lowest BCUT2D eigenvalue weighted by Crippen LogP contribution is -2.58. The maximum Gasteiger partial charge on any atom is 0.246 e. The van der Waals surface area contributed by atoms with Crippen molar-refractivity contribution in [3.8, 4) is 0 Å². The van der Waals surface area contributed by atoms with Gasteiger partial charge in [0.1, 0.15) is 0 Å². The minimum atomic E-state index is -0.155. The third-order valence-corrected chi connectivity index (χ3v) is 4.43. The average molecular weight is 234 g/mol. The van der Waals surface area contributed by atoms with Crippen LogP contribution in [0.15, 0.2) is 12.2 Å². The zero-order valence-electron chi connectivity index (χ0n) is 10.1. The van der Waals surface area contributed by atoms with Crippen molar-refractivity contribution in [2.24, 2.45) is 11.8 Å². The number of likely N-dealkylation sites (N-methyl/N-ethyl adjacent to an activating group) is 1. The largest absolute Gasteiger partial charge is 0.302 e. The molecule has 1 aliphatic heterocycles. The normalized spacial score (nSPS) is 40.4. The lowest BCUT2D eigenvalue weighted by atomic mass is 9.71. The Morgan fingerprint density at radius 3 is 3.00 bits per heavy atom. The first kappa shape index (κ1) is 11.0. The number of carbonyl (C=O) groups is 2. The molecule has 3 aliphatic rings. The lowest BCUT2D eigenvalue weighted by molar-refractivity contribution is -0.148. The van der Waals surface area contributed by atoms with Crippen LogP contribution >= 0.6 is 0 Å². The molecule has 0 aromatic carbocycles. The summed E-state index contributed by atoms with van der Waals surface area (Å²) in [5.74, 6) is 1.29. The summed E-state index contributed by atoms with van der Waals surface area (Å²) in [6.45, 7) is 0. The Balaban J connectivity index is 1.60. The topological polar surface area (TPSA) is 49.4 Å². The summed E-state index contributed by atoms with van der Waals surface area (Å²) in [6, 6.07) is 0.284. The Kier molecular flexibility index (Phi) is 2.54. The van der Waals surface area contributed by atoms with E-state index in [0.717, 1.165) is 5.92 Å². The van der Waals surface area contributed by atoms with Gasteiger partial charge in [0.15, 0.2) is 0 Å². The van der Waals surface area contributed by atoms with Gasteiger partial charge in [-0.15, -0.1) is 0 Å². The van der Waals surface area contributed by atoms with Gasteiger partial charge in [0.05, 0.1) is 6.04 Å². The van der Waals surface area contributed by atoms with Crippen molar-refractivity contribution in [3.05, 3.63) is 12.2 Å². The summed E-state index contributed by atoms with van der Waals surface area (Å²) in [5, 5.41) is 3.43. The number of amides is 2. The van der Waals surface area contributed by atoms with E-state index in [0.29, 0.717) is 24.8 Å². The number of piperidine rings is 1. The second-order valence-corrected chi connectivity index (χ2v) is 5.39. The fourth-order valence-corrected chi connectivity index (χ4v) is 3.24. The third kappa shape index (κ3) is 1.71. The molecule has 4 atom stereocenters. The summed E-state index contributed by atoms with van der Waals surface area (Å²) in [4.78, 5) is 24.6. The molecule has 3 rings (SSSR count). The number of imide groups is 1. The number of carbonyl (C=O) groups excluding carboxylic acids is 2. The van der Waals surface area contributed by atoms with Crippen LogP contribution in [-0.4, -0.2) is 35.8 Å². The van der Waals surface area contributed by atoms with E-state index in [1.165, 1.54) is 17.7 Å². The highest BCUT2D eigenvalue weighted by Crippen LogP contribution is 2.43. The maximum absolute atomic E-state index is 11.9. The van der Waals surface area contributed by atoms with E-state index in [2.05, 4.69) is 17.5 Å². The number of nitrogens with zero attached hydrogens (tertiary/aromatic N) is 1. The van der Waals surface area contributed by atoms with Crippen molar-refractivity contribution < 1.29 is 9.59 Å². The molecular weight excluding hydrogens is 216 g/mol. The van der Waals surface area contributed by atoms with E-state index < -0.39 is 0 Å². The Morgan fingerprint density at radius 1 is 1.41 bits per heavy atom. The number of allylic oxidation sites excluding steroid dienone is 1. The van der Waals surface area contributed by atoms with Crippen LogP contribution in [-0.2, 0) is 9.59 Å². The monoisotopic (exact) mass is 234 g/mol. The van der Waals surface area contributed by atoms with E-state index in [1.807, 2.05) is 0 Å². The van der Waals surface area contributed by atoms with E-state index in [1.54, 1.807) is 7.05 Å². The van der Waals surface area contributed by atoms with Gasteiger partial charge >= 0.3 is 0 Å². The van der Waals surface area contributed by atoms with Crippen LogP contribution in [0.1, 0.15) is 25.7 Å². The lowest BCUT2D eigenvalue weighted by Gasteiger charge is -2.43. The van der Waals surface area contributed by atoms with E-state index in [4.69, 9.17) is 0 Å². The van der Waals surface area contributed by atoms with Gasteiger partial charge in [0.2, 0.25) is 11.8 Å². The molecule has 0 radical (unpaired) electrons. The second-order valence-electron chi connectivity index (χ2n) is 5.39. The molecule has 2 fully saturated rings. The molecule has 0 aromatic heterocycles. The van der Waals surface area contributed by atoms with Gasteiger partial charge in [-0.3, -0.25) is 14.5 Å². The quantitative estimate of drug-likeness (QED) is 0.565. The molecule has 0 aromatic rings. The van der Waals surface area contributed by atoms with Crippen molar-refractivity contribution in [3.63, 3.8) is 0 Å². The van der Waals surface area contributed by atoms with Crippen molar-refractivity contribution >= 4 is 11.8 Å². The summed E-state index contributed by atoms with van der Waals surface area (Å²) in [5.41, 5.74) is 0. The van der Waals surface area contributed by atoms with Crippen LogP contribution in [0.4, 0.5) is 0 Å². The number of hydrogen-bond donors (Lipinski definition) is 1. The number of likely N-dealkylation sites (tertiary alicyclic amines) is 1. The van der Waals surface area contributed by atoms with Crippen molar-refractivity contribution in [1.29, 1.82) is 0 Å². The predicted molar refractivity (Wildman–Crippen MR) is 63.1 cm³/mol.